The molecule has 0 saturated carbocycles. The molecule has 0 aliphatic carbocycles. The zero-order valence-corrected chi connectivity index (χ0v) is 14.4. The Bertz CT molecular complexity index is 819. The summed E-state index contributed by atoms with van der Waals surface area (Å²) >= 11 is 0. The number of anilines is 1. The molecule has 0 radical (unpaired) electrons. The number of hydrogen-bond acceptors (Lipinski definition) is 5. The molecule has 1 aliphatic rings. The van der Waals surface area contributed by atoms with Gasteiger partial charge in [0.2, 0.25) is 0 Å². The molecular weight excluding hydrogens is 320 g/mol. The van der Waals surface area contributed by atoms with Crippen LogP contribution in [0.1, 0.15) is 27.7 Å². The van der Waals surface area contributed by atoms with E-state index in [1.807, 2.05) is 43.3 Å². The minimum Gasteiger partial charge on any atom is -0.481 e. The summed E-state index contributed by atoms with van der Waals surface area (Å²) < 4.78 is 10.2. The molecule has 1 atom stereocenters. The van der Waals surface area contributed by atoms with Crippen LogP contribution in [0, 0.1) is 6.92 Å². The summed E-state index contributed by atoms with van der Waals surface area (Å²) in [5.41, 5.74) is 3.23. The van der Waals surface area contributed by atoms with Crippen molar-refractivity contribution in [2.75, 3.05) is 26.1 Å². The van der Waals surface area contributed by atoms with E-state index in [0.29, 0.717) is 11.3 Å². The van der Waals surface area contributed by atoms with Gasteiger partial charge in [-0.25, -0.2) is 4.79 Å². The minimum atomic E-state index is -0.461. The maximum atomic E-state index is 12.7. The van der Waals surface area contributed by atoms with Crippen LogP contribution in [0.5, 0.6) is 5.75 Å². The Labute approximate surface area is 146 Å². The molecule has 6 heteroatoms. The lowest BCUT2D eigenvalue weighted by molar-refractivity contribution is -0.142. The van der Waals surface area contributed by atoms with Gasteiger partial charge in [-0.2, -0.15) is 0 Å². The Kier molecular flexibility index (Phi) is 4.61. The van der Waals surface area contributed by atoms with Crippen LogP contribution >= 0.6 is 0 Å². The Morgan fingerprint density at radius 1 is 1.24 bits per heavy atom. The van der Waals surface area contributed by atoms with Gasteiger partial charge in [0.15, 0.2) is 6.61 Å². The first kappa shape index (κ1) is 16.8. The van der Waals surface area contributed by atoms with Crippen molar-refractivity contribution >= 4 is 17.6 Å². The molecule has 1 amide bonds. The second-order valence-electron chi connectivity index (χ2n) is 5.91. The fourth-order valence-corrected chi connectivity index (χ4v) is 2.83. The molecule has 2 aromatic rings. The van der Waals surface area contributed by atoms with Gasteiger partial charge in [-0.15, -0.1) is 0 Å². The molecule has 0 fully saturated rings. The third-order valence-corrected chi connectivity index (χ3v) is 4.19. The summed E-state index contributed by atoms with van der Waals surface area (Å²) in [4.78, 5) is 25.7. The minimum absolute atomic E-state index is 0.0646. The normalized spacial score (nSPS) is 16.0. The Morgan fingerprint density at radius 2 is 2.00 bits per heavy atom. The van der Waals surface area contributed by atoms with Gasteiger partial charge in [0.25, 0.3) is 5.91 Å². The number of aryl methyl sites for hydroxylation is 1. The highest BCUT2D eigenvalue weighted by molar-refractivity contribution is 6.01. The second kappa shape index (κ2) is 6.84. The van der Waals surface area contributed by atoms with Crippen molar-refractivity contribution in [1.82, 2.24) is 4.90 Å². The van der Waals surface area contributed by atoms with Gasteiger partial charge in [0, 0.05) is 18.3 Å². The maximum Gasteiger partial charge on any atom is 0.343 e. The molecule has 0 aromatic heterocycles. The Hall–Kier alpha value is -3.02. The SMILES string of the molecule is COC(=O)COc1ccccc1C1Nc2ccc(C)cc2C(=O)N1C. The van der Waals surface area contributed by atoms with Crippen LogP contribution < -0.4 is 10.1 Å². The number of fused-ring (bicyclic) bond motifs is 1. The van der Waals surface area contributed by atoms with Crippen molar-refractivity contribution in [2.24, 2.45) is 0 Å². The molecule has 2 aromatic carbocycles. The van der Waals surface area contributed by atoms with Gasteiger partial charge in [-0.3, -0.25) is 4.79 Å². The number of methoxy groups -OCH3 is 1. The lowest BCUT2D eigenvalue weighted by atomic mass is 10.0. The summed E-state index contributed by atoms with van der Waals surface area (Å²) in [6.07, 6.45) is -0.392. The number of para-hydroxylation sites is 1. The van der Waals surface area contributed by atoms with Gasteiger partial charge >= 0.3 is 5.97 Å². The van der Waals surface area contributed by atoms with Crippen molar-refractivity contribution in [2.45, 2.75) is 13.1 Å². The van der Waals surface area contributed by atoms with Crippen molar-refractivity contribution in [3.05, 3.63) is 59.2 Å². The first-order valence-electron chi connectivity index (χ1n) is 7.94. The van der Waals surface area contributed by atoms with Crippen LogP contribution in [0.25, 0.3) is 0 Å². The van der Waals surface area contributed by atoms with E-state index in [4.69, 9.17) is 4.74 Å². The standard InChI is InChI=1S/C19H20N2O4/c1-12-8-9-15-14(10-12)19(23)21(2)18(20-15)13-6-4-5-7-16(13)25-11-17(22)24-3/h4-10,18,20H,11H2,1-3H3. The van der Waals surface area contributed by atoms with E-state index < -0.39 is 12.1 Å². The highest BCUT2D eigenvalue weighted by Gasteiger charge is 2.32. The molecule has 6 nitrogen and oxygen atoms in total. The molecule has 1 aliphatic heterocycles. The Balaban J connectivity index is 1.93. The van der Waals surface area contributed by atoms with Crippen molar-refractivity contribution in [3.63, 3.8) is 0 Å². The lowest BCUT2D eigenvalue weighted by Crippen LogP contribution is -2.40. The predicted molar refractivity (Wildman–Crippen MR) is 93.6 cm³/mol. The largest absolute Gasteiger partial charge is 0.481 e. The molecule has 1 N–H and O–H groups in total. The first-order valence-corrected chi connectivity index (χ1v) is 7.94. The van der Waals surface area contributed by atoms with Crippen LogP contribution in [0.4, 0.5) is 5.69 Å². The summed E-state index contributed by atoms with van der Waals surface area (Å²) in [6, 6.07) is 13.1. The zero-order chi connectivity index (χ0) is 18.0. The number of amides is 1. The molecular formula is C19H20N2O4. The fraction of sp³-hybridized carbons (Fsp3) is 0.263. The van der Waals surface area contributed by atoms with E-state index in [0.717, 1.165) is 16.8 Å². The number of nitrogens with one attached hydrogen (secondary N) is 1. The highest BCUT2D eigenvalue weighted by atomic mass is 16.6. The number of esters is 1. The number of ether oxygens (including phenoxy) is 2. The molecule has 0 spiro atoms. The van der Waals surface area contributed by atoms with Crippen molar-refractivity contribution < 1.29 is 19.1 Å². The summed E-state index contributed by atoms with van der Waals surface area (Å²) in [5.74, 6) is 0.00231. The van der Waals surface area contributed by atoms with Crippen LogP contribution in [-0.2, 0) is 9.53 Å². The van der Waals surface area contributed by atoms with E-state index in [9.17, 15) is 9.59 Å². The fourth-order valence-electron chi connectivity index (χ4n) is 2.83. The van der Waals surface area contributed by atoms with Gasteiger partial charge in [0.05, 0.1) is 12.7 Å². The van der Waals surface area contributed by atoms with E-state index in [1.165, 1.54) is 7.11 Å². The van der Waals surface area contributed by atoms with Gasteiger partial charge in [-0.1, -0.05) is 29.8 Å². The summed E-state index contributed by atoms with van der Waals surface area (Å²) in [7, 11) is 3.05. The number of carbonyl (C=O) groups excluding carboxylic acids is 2. The number of carbonyl (C=O) groups is 2. The molecule has 25 heavy (non-hydrogen) atoms. The highest BCUT2D eigenvalue weighted by Crippen LogP contribution is 2.36. The lowest BCUT2D eigenvalue weighted by Gasteiger charge is -2.36. The average Bonchev–Trinajstić information content (AvgIpc) is 2.63. The van der Waals surface area contributed by atoms with E-state index in [2.05, 4.69) is 10.1 Å². The van der Waals surface area contributed by atoms with Crippen molar-refractivity contribution in [3.8, 4) is 5.75 Å². The third-order valence-electron chi connectivity index (χ3n) is 4.19. The molecule has 1 unspecified atom stereocenters. The van der Waals surface area contributed by atoms with Gasteiger partial charge in [0.1, 0.15) is 11.9 Å². The predicted octanol–water partition coefficient (Wildman–Crippen LogP) is 2.74. The first-order chi connectivity index (χ1) is 12.0. The Morgan fingerprint density at radius 3 is 2.76 bits per heavy atom. The number of hydrogen-bond donors (Lipinski definition) is 1. The topological polar surface area (TPSA) is 67.9 Å². The monoisotopic (exact) mass is 340 g/mol. The van der Waals surface area contributed by atoms with E-state index in [-0.39, 0.29) is 12.5 Å². The van der Waals surface area contributed by atoms with Crippen LogP contribution in [0.2, 0.25) is 0 Å². The molecule has 0 bridgehead atoms. The molecule has 1 heterocycles. The second-order valence-corrected chi connectivity index (χ2v) is 5.91. The van der Waals surface area contributed by atoms with Gasteiger partial charge in [-0.05, 0) is 25.1 Å². The smallest absolute Gasteiger partial charge is 0.343 e. The van der Waals surface area contributed by atoms with E-state index >= 15 is 0 Å². The van der Waals surface area contributed by atoms with Crippen LogP contribution in [-0.4, -0.2) is 37.5 Å². The number of nitrogens with zero attached hydrogens (tertiary/aromatic N) is 1. The van der Waals surface area contributed by atoms with Crippen LogP contribution in [0.3, 0.4) is 0 Å². The molecule has 130 valence electrons. The van der Waals surface area contributed by atoms with E-state index in [1.54, 1.807) is 18.0 Å². The quantitative estimate of drug-likeness (QED) is 0.867. The summed E-state index contributed by atoms with van der Waals surface area (Å²) in [6.45, 7) is 1.77. The number of benzene rings is 2. The van der Waals surface area contributed by atoms with Crippen molar-refractivity contribution in [1.29, 1.82) is 0 Å². The maximum absolute atomic E-state index is 12.7. The summed E-state index contributed by atoms with van der Waals surface area (Å²) in [5, 5.41) is 3.37. The zero-order valence-electron chi connectivity index (χ0n) is 14.4. The molecule has 0 saturated heterocycles. The number of rotatable bonds is 4. The third kappa shape index (κ3) is 3.28. The average molecular weight is 340 g/mol. The molecule has 3 rings (SSSR count). The van der Waals surface area contributed by atoms with Crippen LogP contribution in [0.15, 0.2) is 42.5 Å². The van der Waals surface area contributed by atoms with Gasteiger partial charge < -0.3 is 19.7 Å².